The molecule has 0 amide bonds. The lowest BCUT2D eigenvalue weighted by Crippen LogP contribution is -2.16. The summed E-state index contributed by atoms with van der Waals surface area (Å²) in [5.41, 5.74) is 3.89. The molecule has 0 radical (unpaired) electrons. The zero-order valence-corrected chi connectivity index (χ0v) is 10.4. The zero-order chi connectivity index (χ0) is 12.1. The van der Waals surface area contributed by atoms with Crippen LogP contribution in [-0.2, 0) is 0 Å². The fourth-order valence-electron chi connectivity index (χ4n) is 1.42. The van der Waals surface area contributed by atoms with E-state index in [4.69, 9.17) is 0 Å². The number of hydroxylamine groups is 1. The second kappa shape index (κ2) is 5.52. The molecule has 1 rings (SSSR count). The van der Waals surface area contributed by atoms with Crippen LogP contribution in [-0.4, -0.2) is 5.21 Å². The van der Waals surface area contributed by atoms with Gasteiger partial charge in [0, 0.05) is 5.70 Å². The number of hydrogen-bond acceptors (Lipinski definition) is 2. The Bertz CT molecular complexity index is 404. The van der Waals surface area contributed by atoms with Crippen LogP contribution in [0.3, 0.4) is 0 Å². The SMILES string of the molecule is CC=C(C)/C(C)=C(/C)N(O)c1ccccc1. The molecular weight excluding hydrogens is 198 g/mol. The van der Waals surface area contributed by atoms with Gasteiger partial charge in [0.25, 0.3) is 0 Å². The fourth-order valence-corrected chi connectivity index (χ4v) is 1.42. The number of nitrogens with zero attached hydrogens (tertiary/aromatic N) is 1. The standard InChI is InChI=1S/C14H19NO/c1-5-11(2)12(3)13(4)15(16)14-9-7-6-8-10-14/h5-10,16H,1-4H3/b11-5?,13-12-. The van der Waals surface area contributed by atoms with Crippen molar-refractivity contribution in [3.63, 3.8) is 0 Å². The summed E-state index contributed by atoms with van der Waals surface area (Å²) >= 11 is 0. The summed E-state index contributed by atoms with van der Waals surface area (Å²) in [6.07, 6.45) is 2.04. The minimum atomic E-state index is 0.781. The molecular formula is C14H19NO. The van der Waals surface area contributed by atoms with Crippen molar-refractivity contribution in [3.05, 3.63) is 53.3 Å². The summed E-state index contributed by atoms with van der Waals surface area (Å²) < 4.78 is 0. The summed E-state index contributed by atoms with van der Waals surface area (Å²) in [5.74, 6) is 0. The molecule has 0 aliphatic carbocycles. The highest BCUT2D eigenvalue weighted by Crippen LogP contribution is 2.21. The fraction of sp³-hybridized carbons (Fsp3) is 0.286. The van der Waals surface area contributed by atoms with E-state index in [1.807, 2.05) is 64.1 Å². The Morgan fingerprint density at radius 3 is 2.19 bits per heavy atom. The van der Waals surface area contributed by atoms with Gasteiger partial charge in [0.2, 0.25) is 0 Å². The van der Waals surface area contributed by atoms with Gasteiger partial charge in [-0.25, -0.2) is 5.06 Å². The summed E-state index contributed by atoms with van der Waals surface area (Å²) in [7, 11) is 0. The summed E-state index contributed by atoms with van der Waals surface area (Å²) in [4.78, 5) is 0. The molecule has 1 N–H and O–H groups in total. The van der Waals surface area contributed by atoms with Crippen molar-refractivity contribution >= 4 is 5.69 Å². The van der Waals surface area contributed by atoms with E-state index in [0.717, 1.165) is 17.0 Å². The molecule has 0 bridgehead atoms. The Balaban J connectivity index is 3.03. The quantitative estimate of drug-likeness (QED) is 0.607. The van der Waals surface area contributed by atoms with Gasteiger partial charge in [0.1, 0.15) is 0 Å². The van der Waals surface area contributed by atoms with E-state index in [-0.39, 0.29) is 0 Å². The van der Waals surface area contributed by atoms with E-state index in [2.05, 4.69) is 0 Å². The molecule has 0 aliphatic heterocycles. The predicted octanol–water partition coefficient (Wildman–Crippen LogP) is 4.14. The number of para-hydroxylation sites is 1. The monoisotopic (exact) mass is 217 g/mol. The molecule has 16 heavy (non-hydrogen) atoms. The molecule has 86 valence electrons. The highest BCUT2D eigenvalue weighted by molar-refractivity contribution is 5.50. The van der Waals surface area contributed by atoms with Crippen LogP contribution in [0, 0.1) is 0 Å². The topological polar surface area (TPSA) is 23.5 Å². The van der Waals surface area contributed by atoms with Crippen LogP contribution in [0.4, 0.5) is 5.69 Å². The predicted molar refractivity (Wildman–Crippen MR) is 68.5 cm³/mol. The molecule has 0 aromatic heterocycles. The molecule has 0 saturated carbocycles. The van der Waals surface area contributed by atoms with Crippen molar-refractivity contribution in [2.24, 2.45) is 0 Å². The van der Waals surface area contributed by atoms with Gasteiger partial charge < -0.3 is 0 Å². The maximum atomic E-state index is 10.1. The van der Waals surface area contributed by atoms with Gasteiger partial charge in [0.05, 0.1) is 5.69 Å². The van der Waals surface area contributed by atoms with E-state index in [9.17, 15) is 5.21 Å². The van der Waals surface area contributed by atoms with Gasteiger partial charge in [-0.2, -0.15) is 0 Å². The Kier molecular flexibility index (Phi) is 4.32. The van der Waals surface area contributed by atoms with Gasteiger partial charge in [-0.1, -0.05) is 29.8 Å². The van der Waals surface area contributed by atoms with Crippen molar-refractivity contribution in [1.82, 2.24) is 0 Å². The molecule has 0 atom stereocenters. The van der Waals surface area contributed by atoms with Gasteiger partial charge >= 0.3 is 0 Å². The molecule has 0 heterocycles. The second-order valence-corrected chi connectivity index (χ2v) is 3.83. The van der Waals surface area contributed by atoms with Crippen LogP contribution in [0.15, 0.2) is 53.3 Å². The first-order valence-electron chi connectivity index (χ1n) is 5.42. The van der Waals surface area contributed by atoms with E-state index in [1.54, 1.807) is 0 Å². The van der Waals surface area contributed by atoms with E-state index < -0.39 is 0 Å². The molecule has 0 spiro atoms. The summed E-state index contributed by atoms with van der Waals surface area (Å²) in [6.45, 7) is 7.96. The molecule has 0 fully saturated rings. The van der Waals surface area contributed by atoms with Crippen molar-refractivity contribution in [3.8, 4) is 0 Å². The third-order valence-corrected chi connectivity index (χ3v) is 2.89. The van der Waals surface area contributed by atoms with Gasteiger partial charge in [0.15, 0.2) is 0 Å². The first-order valence-corrected chi connectivity index (χ1v) is 5.42. The summed E-state index contributed by atoms with van der Waals surface area (Å²) in [5, 5.41) is 11.3. The molecule has 0 unspecified atom stereocenters. The first-order chi connectivity index (χ1) is 7.57. The number of allylic oxidation sites excluding steroid dienone is 4. The van der Waals surface area contributed by atoms with Gasteiger partial charge in [-0.3, -0.25) is 5.21 Å². The third kappa shape index (κ3) is 2.74. The molecule has 0 saturated heterocycles. The number of benzene rings is 1. The molecule has 1 aromatic carbocycles. The van der Waals surface area contributed by atoms with E-state index in [1.165, 1.54) is 10.6 Å². The second-order valence-electron chi connectivity index (χ2n) is 3.83. The average Bonchev–Trinajstić information content (AvgIpc) is 2.36. The van der Waals surface area contributed by atoms with Crippen LogP contribution >= 0.6 is 0 Å². The van der Waals surface area contributed by atoms with Gasteiger partial charge in [-0.05, 0) is 45.4 Å². The highest BCUT2D eigenvalue weighted by atomic mass is 16.5. The van der Waals surface area contributed by atoms with Crippen molar-refractivity contribution in [1.29, 1.82) is 0 Å². The number of rotatable bonds is 3. The lowest BCUT2D eigenvalue weighted by molar-refractivity contribution is 0.283. The molecule has 0 aliphatic rings. The van der Waals surface area contributed by atoms with Gasteiger partial charge in [-0.15, -0.1) is 0 Å². The Morgan fingerprint density at radius 1 is 1.12 bits per heavy atom. The normalized spacial score (nSPS) is 13.4. The average molecular weight is 217 g/mol. The molecule has 2 nitrogen and oxygen atoms in total. The van der Waals surface area contributed by atoms with E-state index >= 15 is 0 Å². The lowest BCUT2D eigenvalue weighted by Gasteiger charge is -2.20. The Hall–Kier alpha value is -1.54. The highest BCUT2D eigenvalue weighted by Gasteiger charge is 2.08. The lowest BCUT2D eigenvalue weighted by atomic mass is 10.1. The smallest absolute Gasteiger partial charge is 0.0689 e. The van der Waals surface area contributed by atoms with Crippen molar-refractivity contribution in [2.45, 2.75) is 27.7 Å². The van der Waals surface area contributed by atoms with Crippen LogP contribution in [0.25, 0.3) is 0 Å². The number of hydrogen-bond donors (Lipinski definition) is 1. The third-order valence-electron chi connectivity index (χ3n) is 2.89. The largest absolute Gasteiger partial charge is 0.284 e. The van der Waals surface area contributed by atoms with Crippen LogP contribution in [0.1, 0.15) is 27.7 Å². The molecule has 1 aromatic rings. The van der Waals surface area contributed by atoms with Crippen molar-refractivity contribution in [2.75, 3.05) is 5.06 Å². The maximum absolute atomic E-state index is 10.1. The van der Waals surface area contributed by atoms with E-state index in [0.29, 0.717) is 0 Å². The van der Waals surface area contributed by atoms with Crippen LogP contribution in [0.2, 0.25) is 0 Å². The maximum Gasteiger partial charge on any atom is 0.0689 e. The zero-order valence-electron chi connectivity index (χ0n) is 10.4. The first kappa shape index (κ1) is 12.5. The van der Waals surface area contributed by atoms with Crippen LogP contribution in [0.5, 0.6) is 0 Å². The number of anilines is 1. The Labute approximate surface area is 97.5 Å². The van der Waals surface area contributed by atoms with Crippen LogP contribution < -0.4 is 5.06 Å². The minimum absolute atomic E-state index is 0.781. The van der Waals surface area contributed by atoms with Crippen molar-refractivity contribution < 1.29 is 5.21 Å². The summed E-state index contributed by atoms with van der Waals surface area (Å²) in [6, 6.07) is 9.50. The minimum Gasteiger partial charge on any atom is -0.284 e. The molecule has 2 heteroatoms. The Morgan fingerprint density at radius 2 is 1.69 bits per heavy atom.